The Morgan fingerprint density at radius 2 is 2.31 bits per heavy atom. The van der Waals surface area contributed by atoms with Gasteiger partial charge in [-0.3, -0.25) is 4.79 Å². The zero-order chi connectivity index (χ0) is 9.84. The van der Waals surface area contributed by atoms with E-state index in [2.05, 4.69) is 0 Å². The van der Waals surface area contributed by atoms with Crippen molar-refractivity contribution in [3.05, 3.63) is 29.6 Å². The molecule has 1 N–H and O–H groups in total. The third kappa shape index (κ3) is 2.45. The van der Waals surface area contributed by atoms with Crippen LogP contribution in [-0.4, -0.2) is 16.0 Å². The van der Waals surface area contributed by atoms with Gasteiger partial charge in [0.2, 0.25) is 5.12 Å². The molecule has 1 rings (SSSR count). The van der Waals surface area contributed by atoms with Crippen molar-refractivity contribution < 1.29 is 14.3 Å². The average Bonchev–Trinajstić information content (AvgIpc) is 2.09. The molecule has 0 heterocycles. The topological polar surface area (TPSA) is 37.3 Å². The Hall–Kier alpha value is -1.03. The molecule has 0 radical (unpaired) electrons. The average molecular weight is 200 g/mol. The first-order chi connectivity index (χ1) is 6.15. The molecule has 13 heavy (non-hydrogen) atoms. The lowest BCUT2D eigenvalue weighted by molar-refractivity contribution is 0.108. The van der Waals surface area contributed by atoms with Gasteiger partial charge in [0.25, 0.3) is 0 Å². The molecule has 0 amide bonds. The number of carbonyl (C=O) groups excluding carboxylic acids is 1. The van der Waals surface area contributed by atoms with Gasteiger partial charge < -0.3 is 5.11 Å². The van der Waals surface area contributed by atoms with Crippen molar-refractivity contribution in [2.75, 3.05) is 5.75 Å². The second-order valence-corrected chi connectivity index (χ2v) is 3.62. The molecule has 0 atom stereocenters. The molecule has 0 fully saturated rings. The van der Waals surface area contributed by atoms with E-state index in [-0.39, 0.29) is 16.4 Å². The van der Waals surface area contributed by atoms with Crippen LogP contribution in [0.4, 0.5) is 4.39 Å². The molecule has 0 spiro atoms. The molecule has 0 saturated carbocycles. The van der Waals surface area contributed by atoms with Gasteiger partial charge in [-0.25, -0.2) is 4.39 Å². The second kappa shape index (κ2) is 4.28. The Labute approximate surface area is 79.8 Å². The van der Waals surface area contributed by atoms with Crippen LogP contribution in [0.5, 0.6) is 5.75 Å². The monoisotopic (exact) mass is 200 g/mol. The van der Waals surface area contributed by atoms with Crippen molar-refractivity contribution in [1.82, 2.24) is 0 Å². The van der Waals surface area contributed by atoms with Gasteiger partial charge in [0.15, 0.2) is 0 Å². The van der Waals surface area contributed by atoms with Crippen LogP contribution in [0, 0.1) is 5.82 Å². The minimum atomic E-state index is -0.516. The predicted molar refractivity (Wildman–Crippen MR) is 50.5 cm³/mol. The van der Waals surface area contributed by atoms with E-state index >= 15 is 0 Å². The third-order valence-electron chi connectivity index (χ3n) is 1.45. The van der Waals surface area contributed by atoms with E-state index in [0.717, 1.165) is 23.9 Å². The van der Waals surface area contributed by atoms with Crippen LogP contribution < -0.4 is 0 Å². The van der Waals surface area contributed by atoms with Crippen molar-refractivity contribution in [3.63, 3.8) is 0 Å². The minimum Gasteiger partial charge on any atom is -0.507 e. The molecule has 1 aromatic rings. The summed E-state index contributed by atoms with van der Waals surface area (Å²) >= 11 is 1.04. The Kier molecular flexibility index (Phi) is 3.31. The van der Waals surface area contributed by atoms with Crippen molar-refractivity contribution in [2.24, 2.45) is 0 Å². The third-order valence-corrected chi connectivity index (χ3v) is 2.22. The van der Waals surface area contributed by atoms with Crippen LogP contribution in [-0.2, 0) is 0 Å². The van der Waals surface area contributed by atoms with Crippen molar-refractivity contribution in [1.29, 1.82) is 0 Å². The molecular formula is C9H9FO2S. The maximum atomic E-state index is 12.7. The predicted octanol–water partition coefficient (Wildman–Crippen LogP) is 2.42. The lowest BCUT2D eigenvalue weighted by Crippen LogP contribution is -1.95. The van der Waals surface area contributed by atoms with Crippen LogP contribution in [0.25, 0.3) is 0 Å². The van der Waals surface area contributed by atoms with Crippen LogP contribution in [0.15, 0.2) is 18.2 Å². The second-order valence-electron chi connectivity index (χ2n) is 2.38. The largest absolute Gasteiger partial charge is 0.507 e. The highest BCUT2D eigenvalue weighted by molar-refractivity contribution is 8.14. The van der Waals surface area contributed by atoms with Gasteiger partial charge in [-0.1, -0.05) is 18.7 Å². The first kappa shape index (κ1) is 10.1. The number of thioether (sulfide) groups is 1. The van der Waals surface area contributed by atoms with Gasteiger partial charge in [-0.15, -0.1) is 0 Å². The fourth-order valence-electron chi connectivity index (χ4n) is 0.881. The van der Waals surface area contributed by atoms with Crippen molar-refractivity contribution >= 4 is 16.9 Å². The highest BCUT2D eigenvalue weighted by atomic mass is 32.2. The fourth-order valence-corrected chi connectivity index (χ4v) is 1.46. The Bertz CT molecular complexity index is 325. The lowest BCUT2D eigenvalue weighted by Gasteiger charge is -2.01. The minimum absolute atomic E-state index is 0.0341. The van der Waals surface area contributed by atoms with Gasteiger partial charge in [-0.05, 0) is 24.0 Å². The normalized spacial score (nSPS) is 10.0. The van der Waals surface area contributed by atoms with E-state index in [9.17, 15) is 14.3 Å². The fraction of sp³-hybridized carbons (Fsp3) is 0.222. The first-order valence-corrected chi connectivity index (χ1v) is 4.79. The summed E-state index contributed by atoms with van der Waals surface area (Å²) in [5.74, 6) is -0.0837. The molecular weight excluding hydrogens is 191 g/mol. The molecule has 0 aliphatic carbocycles. The summed E-state index contributed by atoms with van der Waals surface area (Å²) in [5.41, 5.74) is 0.0341. The molecule has 2 nitrogen and oxygen atoms in total. The highest BCUT2D eigenvalue weighted by Crippen LogP contribution is 2.22. The number of rotatable bonds is 2. The number of phenolic OH excluding ortho intramolecular Hbond substituents is 1. The van der Waals surface area contributed by atoms with E-state index in [1.807, 2.05) is 6.92 Å². The van der Waals surface area contributed by atoms with E-state index in [1.54, 1.807) is 0 Å². The molecule has 0 unspecified atom stereocenters. The molecule has 0 aliphatic rings. The summed E-state index contributed by atoms with van der Waals surface area (Å²) in [6, 6.07) is 3.34. The van der Waals surface area contributed by atoms with Crippen molar-refractivity contribution in [2.45, 2.75) is 6.92 Å². The summed E-state index contributed by atoms with van der Waals surface area (Å²) in [5, 5.41) is 8.93. The van der Waals surface area contributed by atoms with E-state index < -0.39 is 5.82 Å². The standard InChI is InChI=1S/C9H9FO2S/c1-2-13-9(12)7-5-6(10)3-4-8(7)11/h3-5,11H,2H2,1H3. The van der Waals surface area contributed by atoms with E-state index in [4.69, 9.17) is 0 Å². The number of phenols is 1. The number of aromatic hydroxyl groups is 1. The van der Waals surface area contributed by atoms with Crippen LogP contribution in [0.3, 0.4) is 0 Å². The molecule has 0 saturated heterocycles. The van der Waals surface area contributed by atoms with Gasteiger partial charge >= 0.3 is 0 Å². The summed E-state index contributed by atoms with van der Waals surface area (Å²) in [4.78, 5) is 11.3. The number of halogens is 1. The van der Waals surface area contributed by atoms with Gasteiger partial charge in [0.05, 0.1) is 5.56 Å². The zero-order valence-corrected chi connectivity index (χ0v) is 7.90. The Morgan fingerprint density at radius 1 is 1.62 bits per heavy atom. The number of hydrogen-bond donors (Lipinski definition) is 1. The summed E-state index contributed by atoms with van der Waals surface area (Å²) in [7, 11) is 0. The highest BCUT2D eigenvalue weighted by Gasteiger charge is 2.11. The maximum Gasteiger partial charge on any atom is 0.223 e. The molecule has 0 aliphatic heterocycles. The summed E-state index contributed by atoms with van der Waals surface area (Å²) < 4.78 is 12.7. The number of benzene rings is 1. The maximum absolute atomic E-state index is 12.7. The van der Waals surface area contributed by atoms with Gasteiger partial charge in [0.1, 0.15) is 11.6 Å². The molecule has 70 valence electrons. The van der Waals surface area contributed by atoms with Crippen molar-refractivity contribution in [3.8, 4) is 5.75 Å². The SMILES string of the molecule is CCSC(=O)c1cc(F)ccc1O. The van der Waals surface area contributed by atoms with E-state index in [0.29, 0.717) is 5.75 Å². The number of hydrogen-bond acceptors (Lipinski definition) is 3. The van der Waals surface area contributed by atoms with Gasteiger partial charge in [0, 0.05) is 0 Å². The van der Waals surface area contributed by atoms with Crippen LogP contribution in [0.1, 0.15) is 17.3 Å². The Morgan fingerprint density at radius 3 is 2.92 bits per heavy atom. The van der Waals surface area contributed by atoms with Crippen LogP contribution in [0.2, 0.25) is 0 Å². The molecule has 0 aromatic heterocycles. The zero-order valence-electron chi connectivity index (χ0n) is 7.08. The molecule has 4 heteroatoms. The molecule has 1 aromatic carbocycles. The summed E-state index contributed by atoms with van der Waals surface area (Å²) in [6.45, 7) is 1.82. The first-order valence-electron chi connectivity index (χ1n) is 3.80. The number of carbonyl (C=O) groups is 1. The van der Waals surface area contributed by atoms with E-state index in [1.165, 1.54) is 6.07 Å². The molecule has 0 bridgehead atoms. The lowest BCUT2D eigenvalue weighted by atomic mass is 10.2. The quantitative estimate of drug-likeness (QED) is 0.796. The smallest absolute Gasteiger partial charge is 0.223 e. The summed E-state index contributed by atoms with van der Waals surface area (Å²) in [6.07, 6.45) is 0. The van der Waals surface area contributed by atoms with Gasteiger partial charge in [-0.2, -0.15) is 0 Å². The Balaban J connectivity index is 2.99. The van der Waals surface area contributed by atoms with Crippen LogP contribution >= 0.6 is 11.8 Å².